The lowest BCUT2D eigenvalue weighted by Crippen LogP contribution is -2.53. The molecule has 4 aliphatic carbocycles. The molecular formula is C29H46O3. The van der Waals surface area contributed by atoms with Crippen LogP contribution in [0.1, 0.15) is 106 Å². The molecule has 3 saturated carbocycles. The number of carbonyl (C=O) groups excluding carboxylic acids is 2. The zero-order chi connectivity index (χ0) is 23.3. The molecule has 0 aromatic carbocycles. The van der Waals surface area contributed by atoms with Gasteiger partial charge in [0.25, 0.3) is 0 Å². The van der Waals surface area contributed by atoms with Crippen molar-refractivity contribution in [1.82, 2.24) is 0 Å². The van der Waals surface area contributed by atoms with Crippen molar-refractivity contribution in [3.8, 4) is 0 Å². The third-order valence-corrected chi connectivity index (χ3v) is 10.4. The molecule has 4 unspecified atom stereocenters. The van der Waals surface area contributed by atoms with Crippen molar-refractivity contribution in [3.63, 3.8) is 0 Å². The summed E-state index contributed by atoms with van der Waals surface area (Å²) in [6, 6.07) is 0. The number of hydrogen-bond acceptors (Lipinski definition) is 3. The molecule has 0 radical (unpaired) electrons. The SMILES string of the molecule is CC(=O)OC1CC[C@@]2(C)C(=CC(=O)C3C2CC[C@@]2(C)C3CC[C@@H]2[C@H](C)CCCC(C)C)C1. The molecule has 0 bridgehead atoms. The van der Waals surface area contributed by atoms with E-state index in [1.165, 1.54) is 57.4 Å². The molecule has 8 atom stereocenters. The Morgan fingerprint density at radius 2 is 1.81 bits per heavy atom. The van der Waals surface area contributed by atoms with Gasteiger partial charge in [-0.05, 0) is 85.0 Å². The van der Waals surface area contributed by atoms with Crippen molar-refractivity contribution in [2.45, 2.75) is 112 Å². The molecule has 3 fully saturated rings. The van der Waals surface area contributed by atoms with Crippen LogP contribution in [0.5, 0.6) is 0 Å². The van der Waals surface area contributed by atoms with Crippen LogP contribution in [0, 0.1) is 46.3 Å². The minimum absolute atomic E-state index is 0.0485. The Labute approximate surface area is 196 Å². The maximum Gasteiger partial charge on any atom is 0.302 e. The van der Waals surface area contributed by atoms with Crippen molar-refractivity contribution in [2.75, 3.05) is 0 Å². The molecule has 0 N–H and O–H groups in total. The second-order valence-electron chi connectivity index (χ2n) is 12.7. The lowest BCUT2D eigenvalue weighted by molar-refractivity contribution is -0.149. The van der Waals surface area contributed by atoms with E-state index in [1.54, 1.807) is 0 Å². The van der Waals surface area contributed by atoms with E-state index < -0.39 is 0 Å². The summed E-state index contributed by atoms with van der Waals surface area (Å²) >= 11 is 0. The van der Waals surface area contributed by atoms with Crippen LogP contribution in [-0.2, 0) is 14.3 Å². The predicted molar refractivity (Wildman–Crippen MR) is 129 cm³/mol. The van der Waals surface area contributed by atoms with Crippen LogP contribution in [0.2, 0.25) is 0 Å². The number of allylic oxidation sites excluding steroid dienone is 1. The fourth-order valence-electron chi connectivity index (χ4n) is 8.73. The van der Waals surface area contributed by atoms with E-state index in [9.17, 15) is 9.59 Å². The molecule has 0 amide bonds. The molecule has 0 saturated heterocycles. The molecular weight excluding hydrogens is 396 g/mol. The Balaban J connectivity index is 1.52. The van der Waals surface area contributed by atoms with Crippen molar-refractivity contribution in [3.05, 3.63) is 11.6 Å². The highest BCUT2D eigenvalue weighted by atomic mass is 16.5. The first-order chi connectivity index (χ1) is 15.1. The van der Waals surface area contributed by atoms with Gasteiger partial charge < -0.3 is 4.74 Å². The third-order valence-electron chi connectivity index (χ3n) is 10.4. The van der Waals surface area contributed by atoms with Crippen LogP contribution >= 0.6 is 0 Å². The van der Waals surface area contributed by atoms with E-state index in [4.69, 9.17) is 4.74 Å². The van der Waals surface area contributed by atoms with Gasteiger partial charge in [0.05, 0.1) is 0 Å². The summed E-state index contributed by atoms with van der Waals surface area (Å²) < 4.78 is 5.54. The highest BCUT2D eigenvalue weighted by Crippen LogP contribution is 2.66. The zero-order valence-corrected chi connectivity index (χ0v) is 21.4. The van der Waals surface area contributed by atoms with Crippen LogP contribution in [0.3, 0.4) is 0 Å². The summed E-state index contributed by atoms with van der Waals surface area (Å²) in [5.74, 6) is 3.74. The number of ether oxygens (including phenoxy) is 1. The first kappa shape index (κ1) is 24.0. The van der Waals surface area contributed by atoms with Crippen LogP contribution in [0.15, 0.2) is 11.6 Å². The molecule has 3 nitrogen and oxygen atoms in total. The Morgan fingerprint density at radius 1 is 1.06 bits per heavy atom. The lowest BCUT2D eigenvalue weighted by atomic mass is 9.46. The Bertz CT molecular complexity index is 766. The molecule has 4 rings (SSSR count). The van der Waals surface area contributed by atoms with Crippen molar-refractivity contribution >= 4 is 11.8 Å². The molecule has 0 aromatic heterocycles. The summed E-state index contributed by atoms with van der Waals surface area (Å²) in [5, 5.41) is 0. The van der Waals surface area contributed by atoms with E-state index in [1.807, 2.05) is 6.08 Å². The van der Waals surface area contributed by atoms with Crippen LogP contribution in [0.4, 0.5) is 0 Å². The maximum atomic E-state index is 13.6. The minimum atomic E-state index is -0.202. The first-order valence-corrected chi connectivity index (χ1v) is 13.5. The molecule has 4 aliphatic rings. The number of hydrogen-bond donors (Lipinski definition) is 0. The van der Waals surface area contributed by atoms with Gasteiger partial charge in [-0.3, -0.25) is 9.59 Å². The summed E-state index contributed by atoms with van der Waals surface area (Å²) in [5.41, 5.74) is 1.70. The largest absolute Gasteiger partial charge is 0.462 e. The second-order valence-corrected chi connectivity index (χ2v) is 12.7. The summed E-state index contributed by atoms with van der Waals surface area (Å²) in [6.07, 6.45) is 13.7. The minimum Gasteiger partial charge on any atom is -0.462 e. The fourth-order valence-corrected chi connectivity index (χ4v) is 8.73. The molecule has 0 heterocycles. The summed E-state index contributed by atoms with van der Waals surface area (Å²) in [4.78, 5) is 25.1. The van der Waals surface area contributed by atoms with Gasteiger partial charge in [-0.25, -0.2) is 0 Å². The van der Waals surface area contributed by atoms with E-state index in [0.29, 0.717) is 23.0 Å². The number of esters is 1. The molecule has 0 aliphatic heterocycles. The summed E-state index contributed by atoms with van der Waals surface area (Å²) in [6.45, 7) is 13.6. The van der Waals surface area contributed by atoms with E-state index in [0.717, 1.165) is 37.0 Å². The number of carbonyl (C=O) groups is 2. The second kappa shape index (κ2) is 8.91. The topological polar surface area (TPSA) is 43.4 Å². The molecule has 0 aromatic rings. The van der Waals surface area contributed by atoms with Gasteiger partial charge >= 0.3 is 5.97 Å². The van der Waals surface area contributed by atoms with Crippen molar-refractivity contribution < 1.29 is 14.3 Å². The number of ketones is 1. The maximum absolute atomic E-state index is 13.6. The highest BCUT2D eigenvalue weighted by Gasteiger charge is 2.61. The van der Waals surface area contributed by atoms with E-state index >= 15 is 0 Å². The molecule has 0 spiro atoms. The zero-order valence-electron chi connectivity index (χ0n) is 21.4. The summed E-state index contributed by atoms with van der Waals surface area (Å²) in [7, 11) is 0. The third kappa shape index (κ3) is 4.11. The normalized spacial score (nSPS) is 42.0. The van der Waals surface area contributed by atoms with Crippen LogP contribution in [-0.4, -0.2) is 17.9 Å². The number of rotatable bonds is 6. The lowest BCUT2D eigenvalue weighted by Gasteiger charge is -2.57. The van der Waals surface area contributed by atoms with Crippen molar-refractivity contribution in [2.24, 2.45) is 46.3 Å². The van der Waals surface area contributed by atoms with Crippen molar-refractivity contribution in [1.29, 1.82) is 0 Å². The quantitative estimate of drug-likeness (QED) is 0.411. The van der Waals surface area contributed by atoms with Gasteiger partial charge in [0.2, 0.25) is 0 Å². The van der Waals surface area contributed by atoms with Crippen LogP contribution in [0.25, 0.3) is 0 Å². The predicted octanol–water partition coefficient (Wildman–Crippen LogP) is 7.14. The Morgan fingerprint density at radius 3 is 2.50 bits per heavy atom. The fraction of sp³-hybridized carbons (Fsp3) is 0.862. The molecule has 180 valence electrons. The first-order valence-electron chi connectivity index (χ1n) is 13.5. The van der Waals surface area contributed by atoms with Crippen LogP contribution < -0.4 is 0 Å². The smallest absolute Gasteiger partial charge is 0.302 e. The van der Waals surface area contributed by atoms with Gasteiger partial charge in [0, 0.05) is 19.3 Å². The van der Waals surface area contributed by atoms with E-state index in [-0.39, 0.29) is 23.4 Å². The van der Waals surface area contributed by atoms with Gasteiger partial charge in [-0.2, -0.15) is 0 Å². The highest BCUT2D eigenvalue weighted by molar-refractivity contribution is 5.94. The Kier molecular flexibility index (Phi) is 6.69. The molecule has 32 heavy (non-hydrogen) atoms. The van der Waals surface area contributed by atoms with Gasteiger partial charge in [-0.15, -0.1) is 0 Å². The number of fused-ring (bicyclic) bond motifs is 5. The van der Waals surface area contributed by atoms with Gasteiger partial charge in [0.1, 0.15) is 6.10 Å². The molecule has 3 heteroatoms. The monoisotopic (exact) mass is 442 g/mol. The van der Waals surface area contributed by atoms with E-state index in [2.05, 4.69) is 34.6 Å². The van der Waals surface area contributed by atoms with Gasteiger partial charge in [0.15, 0.2) is 5.78 Å². The standard InChI is InChI=1S/C29H46O3/c1-18(2)8-7-9-19(3)23-10-11-24-27-25(13-15-29(23,24)6)28(5)14-12-22(32-20(4)30)16-21(28)17-26(27)31/h17-19,22-25,27H,7-16H2,1-6H3/t19-,22?,23-,24?,25?,27?,28+,29-/m1/s1. The Hall–Kier alpha value is -1.12. The van der Waals surface area contributed by atoms with Gasteiger partial charge in [-0.1, -0.05) is 59.5 Å². The average molecular weight is 443 g/mol. The average Bonchev–Trinajstić information content (AvgIpc) is 3.05.